The van der Waals surface area contributed by atoms with Crippen LogP contribution in [0.2, 0.25) is 0 Å². The molecule has 0 aliphatic carbocycles. The van der Waals surface area contributed by atoms with Crippen molar-refractivity contribution in [2.24, 2.45) is 5.84 Å². The lowest BCUT2D eigenvalue weighted by atomic mass is 10.2. The van der Waals surface area contributed by atoms with Gasteiger partial charge >= 0.3 is 0 Å². The first-order valence-corrected chi connectivity index (χ1v) is 5.65. The molecule has 0 saturated carbocycles. The van der Waals surface area contributed by atoms with Gasteiger partial charge < -0.3 is 10.2 Å². The van der Waals surface area contributed by atoms with Crippen LogP contribution >= 0.6 is 11.5 Å². The number of anilines is 1. The number of hydrogen-bond donors (Lipinski definition) is 2. The number of nitrogen functional groups attached to an aromatic ring is 1. The van der Waals surface area contributed by atoms with Gasteiger partial charge in [-0.2, -0.15) is 0 Å². The van der Waals surface area contributed by atoms with Crippen LogP contribution in [0.1, 0.15) is 11.3 Å². The molecule has 0 spiro atoms. The Balaban J connectivity index is 2.09. The second-order valence-electron chi connectivity index (χ2n) is 3.42. The van der Waals surface area contributed by atoms with E-state index in [1.807, 2.05) is 6.92 Å². The van der Waals surface area contributed by atoms with E-state index in [0.29, 0.717) is 10.7 Å². The first kappa shape index (κ1) is 11.7. The van der Waals surface area contributed by atoms with E-state index in [1.165, 1.54) is 6.07 Å². The Morgan fingerprint density at radius 1 is 1.53 bits per heavy atom. The Bertz CT molecular complexity index is 517. The number of benzene rings is 1. The van der Waals surface area contributed by atoms with Gasteiger partial charge in [0.1, 0.15) is 12.3 Å². The van der Waals surface area contributed by atoms with Crippen LogP contribution in [0.15, 0.2) is 18.2 Å². The van der Waals surface area contributed by atoms with E-state index in [2.05, 4.69) is 15.0 Å². The predicted molar refractivity (Wildman–Crippen MR) is 63.2 cm³/mol. The van der Waals surface area contributed by atoms with Crippen molar-refractivity contribution in [2.45, 2.75) is 13.5 Å². The summed E-state index contributed by atoms with van der Waals surface area (Å²) in [6.07, 6.45) is 0. The average molecular weight is 254 g/mol. The largest absolute Gasteiger partial charge is 0.484 e. The maximum Gasteiger partial charge on any atom is 0.165 e. The molecule has 1 aromatic heterocycles. The summed E-state index contributed by atoms with van der Waals surface area (Å²) in [5.41, 5.74) is 3.94. The summed E-state index contributed by atoms with van der Waals surface area (Å²) in [6, 6.07) is 4.68. The number of hydrazine groups is 1. The molecule has 0 aliphatic heterocycles. The number of aryl methyl sites for hydroxylation is 1. The molecule has 17 heavy (non-hydrogen) atoms. The van der Waals surface area contributed by atoms with Crippen molar-refractivity contribution in [3.8, 4) is 5.75 Å². The van der Waals surface area contributed by atoms with Crippen molar-refractivity contribution in [1.82, 2.24) is 9.59 Å². The minimum absolute atomic E-state index is 0.121. The number of nitrogens with zero attached hydrogens (tertiary/aromatic N) is 2. The standard InChI is InChI=1S/C10H11FN4OS/c1-6-2-3-7(11)9(4-6)16-5-8-10(13-12)17-15-14-8/h2-4,13H,5,12H2,1H3. The molecule has 7 heteroatoms. The van der Waals surface area contributed by atoms with Gasteiger partial charge in [-0.25, -0.2) is 10.2 Å². The van der Waals surface area contributed by atoms with Gasteiger partial charge in [0.2, 0.25) is 0 Å². The zero-order valence-electron chi connectivity index (χ0n) is 9.11. The third kappa shape index (κ3) is 2.69. The fraction of sp³-hybridized carbons (Fsp3) is 0.200. The van der Waals surface area contributed by atoms with E-state index < -0.39 is 5.82 Å². The van der Waals surface area contributed by atoms with Gasteiger partial charge in [-0.3, -0.25) is 0 Å². The third-order valence-electron chi connectivity index (χ3n) is 2.14. The van der Waals surface area contributed by atoms with E-state index >= 15 is 0 Å². The molecule has 90 valence electrons. The van der Waals surface area contributed by atoms with Gasteiger partial charge in [0, 0.05) is 11.5 Å². The minimum Gasteiger partial charge on any atom is -0.484 e. The highest BCUT2D eigenvalue weighted by atomic mass is 32.1. The summed E-state index contributed by atoms with van der Waals surface area (Å²) in [4.78, 5) is 0. The van der Waals surface area contributed by atoms with Crippen molar-refractivity contribution < 1.29 is 9.13 Å². The summed E-state index contributed by atoms with van der Waals surface area (Å²) < 4.78 is 22.4. The van der Waals surface area contributed by atoms with Crippen LogP contribution in [0.3, 0.4) is 0 Å². The Labute approximate surface area is 102 Å². The molecule has 0 aliphatic rings. The van der Waals surface area contributed by atoms with Crippen LogP contribution in [-0.2, 0) is 6.61 Å². The van der Waals surface area contributed by atoms with E-state index in [0.717, 1.165) is 17.1 Å². The molecule has 5 nitrogen and oxygen atoms in total. The number of ether oxygens (including phenoxy) is 1. The number of nitrogens with two attached hydrogens (primary N) is 1. The Morgan fingerprint density at radius 3 is 3.12 bits per heavy atom. The molecule has 0 bridgehead atoms. The number of halogens is 1. The van der Waals surface area contributed by atoms with Crippen molar-refractivity contribution in [3.05, 3.63) is 35.3 Å². The Hall–Kier alpha value is -1.73. The normalized spacial score (nSPS) is 10.3. The summed E-state index contributed by atoms with van der Waals surface area (Å²) in [6.45, 7) is 1.99. The first-order chi connectivity index (χ1) is 8.20. The Morgan fingerprint density at radius 2 is 2.35 bits per heavy atom. The van der Waals surface area contributed by atoms with Gasteiger partial charge in [-0.1, -0.05) is 10.6 Å². The molecule has 0 amide bonds. The molecule has 1 heterocycles. The molecule has 0 radical (unpaired) electrons. The monoisotopic (exact) mass is 254 g/mol. The van der Waals surface area contributed by atoms with Gasteiger partial charge in [0.05, 0.1) is 0 Å². The SMILES string of the molecule is Cc1ccc(F)c(OCc2nnsc2NN)c1. The average Bonchev–Trinajstić information content (AvgIpc) is 2.77. The highest BCUT2D eigenvalue weighted by Gasteiger charge is 2.09. The molecule has 1 aromatic carbocycles. The molecule has 0 unspecified atom stereocenters. The highest BCUT2D eigenvalue weighted by molar-refractivity contribution is 7.10. The zero-order chi connectivity index (χ0) is 12.3. The molecular weight excluding hydrogens is 243 g/mol. The van der Waals surface area contributed by atoms with Crippen molar-refractivity contribution >= 4 is 16.5 Å². The van der Waals surface area contributed by atoms with Crippen LogP contribution in [0.25, 0.3) is 0 Å². The fourth-order valence-corrected chi connectivity index (χ4v) is 1.76. The van der Waals surface area contributed by atoms with E-state index in [4.69, 9.17) is 10.6 Å². The van der Waals surface area contributed by atoms with Crippen LogP contribution in [-0.4, -0.2) is 9.59 Å². The topological polar surface area (TPSA) is 73.1 Å². The molecule has 0 saturated heterocycles. The highest BCUT2D eigenvalue weighted by Crippen LogP contribution is 2.22. The van der Waals surface area contributed by atoms with Gasteiger partial charge in [-0.15, -0.1) is 5.10 Å². The smallest absolute Gasteiger partial charge is 0.165 e. The molecule has 0 atom stereocenters. The summed E-state index contributed by atoms with van der Waals surface area (Å²) in [7, 11) is 0. The second-order valence-corrected chi connectivity index (χ2v) is 4.17. The van der Waals surface area contributed by atoms with E-state index in [1.54, 1.807) is 12.1 Å². The molecular formula is C10H11FN4OS. The van der Waals surface area contributed by atoms with E-state index in [-0.39, 0.29) is 12.4 Å². The third-order valence-corrected chi connectivity index (χ3v) is 2.84. The maximum atomic E-state index is 13.4. The molecule has 0 fully saturated rings. The van der Waals surface area contributed by atoms with Crippen LogP contribution < -0.4 is 16.0 Å². The quantitative estimate of drug-likeness (QED) is 0.643. The van der Waals surface area contributed by atoms with Crippen molar-refractivity contribution in [2.75, 3.05) is 5.43 Å². The number of hydrogen-bond acceptors (Lipinski definition) is 6. The Kier molecular flexibility index (Phi) is 3.50. The van der Waals surface area contributed by atoms with Crippen LogP contribution in [0.5, 0.6) is 5.75 Å². The first-order valence-electron chi connectivity index (χ1n) is 4.87. The van der Waals surface area contributed by atoms with Crippen LogP contribution in [0, 0.1) is 12.7 Å². The summed E-state index contributed by atoms with van der Waals surface area (Å²) in [5, 5.41) is 4.44. The number of nitrogens with one attached hydrogen (secondary N) is 1. The summed E-state index contributed by atoms with van der Waals surface area (Å²) in [5.74, 6) is 5.06. The van der Waals surface area contributed by atoms with Gasteiger partial charge in [-0.05, 0) is 24.6 Å². The molecule has 2 aromatic rings. The van der Waals surface area contributed by atoms with Gasteiger partial charge in [0.15, 0.2) is 16.6 Å². The van der Waals surface area contributed by atoms with Gasteiger partial charge in [0.25, 0.3) is 0 Å². The minimum atomic E-state index is -0.402. The summed E-state index contributed by atoms with van der Waals surface area (Å²) >= 11 is 1.12. The second kappa shape index (κ2) is 5.07. The zero-order valence-corrected chi connectivity index (χ0v) is 9.92. The van der Waals surface area contributed by atoms with E-state index in [9.17, 15) is 4.39 Å². The number of rotatable bonds is 4. The lowest BCUT2D eigenvalue weighted by Gasteiger charge is -2.07. The lowest BCUT2D eigenvalue weighted by Crippen LogP contribution is -2.09. The van der Waals surface area contributed by atoms with Crippen LogP contribution in [0.4, 0.5) is 9.39 Å². The van der Waals surface area contributed by atoms with Crippen molar-refractivity contribution in [3.63, 3.8) is 0 Å². The molecule has 2 rings (SSSR count). The number of aromatic nitrogens is 2. The predicted octanol–water partition coefficient (Wildman–Crippen LogP) is 1.85. The molecule has 3 N–H and O–H groups in total. The van der Waals surface area contributed by atoms with Crippen molar-refractivity contribution in [1.29, 1.82) is 0 Å². The fourth-order valence-electron chi connectivity index (χ4n) is 1.28. The lowest BCUT2D eigenvalue weighted by molar-refractivity contribution is 0.286. The maximum absolute atomic E-state index is 13.4.